The average molecular weight is 191 g/mol. The van der Waals surface area contributed by atoms with Crippen LogP contribution in [0.15, 0.2) is 24.3 Å². The van der Waals surface area contributed by atoms with Crippen LogP contribution in [0.25, 0.3) is 0 Å². The van der Waals surface area contributed by atoms with Gasteiger partial charge in [-0.25, -0.2) is 0 Å². The normalized spacial score (nSPS) is 20.5. The average Bonchev–Trinajstić information content (AvgIpc) is 2.97. The van der Waals surface area contributed by atoms with Crippen LogP contribution in [0.1, 0.15) is 36.8 Å². The minimum absolute atomic E-state index is 0.401. The van der Waals surface area contributed by atoms with Crippen molar-refractivity contribution in [3.63, 3.8) is 0 Å². The first kappa shape index (κ1) is 9.69. The molecule has 1 unspecified atom stereocenters. The Labute approximate surface area is 84.7 Å². The molecule has 3 N–H and O–H groups in total. The van der Waals surface area contributed by atoms with Gasteiger partial charge in [-0.15, -0.1) is 0 Å². The molecule has 0 spiro atoms. The molecule has 2 nitrogen and oxygen atoms in total. The van der Waals surface area contributed by atoms with Crippen molar-refractivity contribution in [1.29, 1.82) is 0 Å². The molecule has 1 aromatic carbocycles. The molecule has 1 saturated carbocycles. The number of hydrogen-bond donors (Lipinski definition) is 2. The summed E-state index contributed by atoms with van der Waals surface area (Å²) in [5, 5.41) is 9.86. The van der Waals surface area contributed by atoms with Crippen molar-refractivity contribution in [3.8, 4) is 0 Å². The van der Waals surface area contributed by atoms with E-state index < -0.39 is 5.60 Å². The third-order valence-corrected chi connectivity index (χ3v) is 3.09. The molecule has 0 bridgehead atoms. The molecular weight excluding hydrogens is 174 g/mol. The van der Waals surface area contributed by atoms with E-state index >= 15 is 0 Å². The van der Waals surface area contributed by atoms with Gasteiger partial charge in [0.2, 0.25) is 0 Å². The molecule has 1 atom stereocenters. The standard InChI is InChI=1S/C12H17NO/c1-9(8-13)10-2-4-11(5-3-10)12(14)6-7-12/h2-5,9,14H,6-8,13H2,1H3. The fourth-order valence-corrected chi connectivity index (χ4v) is 1.67. The maximum atomic E-state index is 9.86. The molecule has 2 heteroatoms. The van der Waals surface area contributed by atoms with E-state index in [-0.39, 0.29) is 0 Å². The molecule has 1 aromatic rings. The smallest absolute Gasteiger partial charge is 0.0899 e. The van der Waals surface area contributed by atoms with Gasteiger partial charge < -0.3 is 10.8 Å². The van der Waals surface area contributed by atoms with Crippen molar-refractivity contribution in [2.24, 2.45) is 5.73 Å². The second kappa shape index (κ2) is 3.37. The molecule has 0 aliphatic heterocycles. The van der Waals surface area contributed by atoms with Crippen molar-refractivity contribution in [3.05, 3.63) is 35.4 Å². The predicted molar refractivity (Wildman–Crippen MR) is 57.0 cm³/mol. The second-order valence-corrected chi connectivity index (χ2v) is 4.29. The Morgan fingerprint density at radius 1 is 1.36 bits per heavy atom. The van der Waals surface area contributed by atoms with Crippen LogP contribution >= 0.6 is 0 Å². The maximum Gasteiger partial charge on any atom is 0.0899 e. The molecule has 1 aliphatic rings. The van der Waals surface area contributed by atoms with E-state index in [4.69, 9.17) is 5.73 Å². The van der Waals surface area contributed by atoms with Crippen molar-refractivity contribution in [2.75, 3.05) is 6.54 Å². The topological polar surface area (TPSA) is 46.2 Å². The van der Waals surface area contributed by atoms with Gasteiger partial charge >= 0.3 is 0 Å². The largest absolute Gasteiger partial charge is 0.385 e. The third kappa shape index (κ3) is 1.68. The summed E-state index contributed by atoms with van der Waals surface area (Å²) >= 11 is 0. The van der Waals surface area contributed by atoms with Gasteiger partial charge in [0.25, 0.3) is 0 Å². The van der Waals surface area contributed by atoms with Crippen LogP contribution in [-0.4, -0.2) is 11.7 Å². The number of benzene rings is 1. The maximum absolute atomic E-state index is 9.86. The monoisotopic (exact) mass is 191 g/mol. The van der Waals surface area contributed by atoms with Crippen LogP contribution in [0.5, 0.6) is 0 Å². The molecule has 0 heterocycles. The lowest BCUT2D eigenvalue weighted by atomic mass is 9.98. The highest BCUT2D eigenvalue weighted by Crippen LogP contribution is 2.45. The van der Waals surface area contributed by atoms with Gasteiger partial charge in [-0.1, -0.05) is 31.2 Å². The van der Waals surface area contributed by atoms with Gasteiger partial charge in [0, 0.05) is 0 Å². The van der Waals surface area contributed by atoms with Crippen molar-refractivity contribution >= 4 is 0 Å². The van der Waals surface area contributed by atoms with Crippen LogP contribution in [0.3, 0.4) is 0 Å². The summed E-state index contributed by atoms with van der Waals surface area (Å²) in [5.41, 5.74) is 7.38. The quantitative estimate of drug-likeness (QED) is 0.764. The highest BCUT2D eigenvalue weighted by molar-refractivity contribution is 5.32. The lowest BCUT2D eigenvalue weighted by Gasteiger charge is -2.12. The van der Waals surface area contributed by atoms with Crippen LogP contribution in [0.4, 0.5) is 0 Å². The summed E-state index contributed by atoms with van der Waals surface area (Å²) in [4.78, 5) is 0. The molecule has 0 radical (unpaired) electrons. The zero-order chi connectivity index (χ0) is 10.2. The highest BCUT2D eigenvalue weighted by Gasteiger charge is 2.41. The Hall–Kier alpha value is -0.860. The molecule has 0 aromatic heterocycles. The van der Waals surface area contributed by atoms with Crippen LogP contribution < -0.4 is 5.73 Å². The molecule has 1 fully saturated rings. The van der Waals surface area contributed by atoms with E-state index in [0.717, 1.165) is 18.4 Å². The third-order valence-electron chi connectivity index (χ3n) is 3.09. The van der Waals surface area contributed by atoms with Crippen LogP contribution in [-0.2, 0) is 5.60 Å². The Kier molecular flexibility index (Phi) is 2.33. The molecule has 0 amide bonds. The Bertz CT molecular complexity index is 314. The van der Waals surface area contributed by atoms with Crippen molar-refractivity contribution in [2.45, 2.75) is 31.3 Å². The number of nitrogens with two attached hydrogens (primary N) is 1. The van der Waals surface area contributed by atoms with Gasteiger partial charge in [0.1, 0.15) is 0 Å². The Balaban J connectivity index is 2.18. The Morgan fingerprint density at radius 3 is 2.36 bits per heavy atom. The molecule has 14 heavy (non-hydrogen) atoms. The number of aliphatic hydroxyl groups is 1. The lowest BCUT2D eigenvalue weighted by Crippen LogP contribution is -2.09. The van der Waals surface area contributed by atoms with E-state index in [2.05, 4.69) is 19.1 Å². The van der Waals surface area contributed by atoms with E-state index in [1.807, 2.05) is 12.1 Å². The van der Waals surface area contributed by atoms with Gasteiger partial charge in [-0.2, -0.15) is 0 Å². The van der Waals surface area contributed by atoms with Gasteiger partial charge in [0.15, 0.2) is 0 Å². The summed E-state index contributed by atoms with van der Waals surface area (Å²) < 4.78 is 0. The van der Waals surface area contributed by atoms with Crippen molar-refractivity contribution in [1.82, 2.24) is 0 Å². The molecule has 0 saturated heterocycles. The minimum Gasteiger partial charge on any atom is -0.385 e. The number of hydrogen-bond acceptors (Lipinski definition) is 2. The zero-order valence-electron chi connectivity index (χ0n) is 8.53. The van der Waals surface area contributed by atoms with Gasteiger partial charge in [-0.05, 0) is 36.4 Å². The minimum atomic E-state index is -0.509. The summed E-state index contributed by atoms with van der Waals surface area (Å²) in [5.74, 6) is 0.401. The van der Waals surface area contributed by atoms with Crippen LogP contribution in [0, 0.1) is 0 Å². The van der Waals surface area contributed by atoms with Gasteiger partial charge in [0.05, 0.1) is 5.60 Å². The second-order valence-electron chi connectivity index (χ2n) is 4.29. The summed E-state index contributed by atoms with van der Waals surface area (Å²) in [6.07, 6.45) is 1.80. The predicted octanol–water partition coefficient (Wildman–Crippen LogP) is 1.73. The fraction of sp³-hybridized carbons (Fsp3) is 0.500. The van der Waals surface area contributed by atoms with E-state index in [1.165, 1.54) is 5.56 Å². The molecule has 2 rings (SSSR count). The fourth-order valence-electron chi connectivity index (χ4n) is 1.67. The van der Waals surface area contributed by atoms with E-state index in [9.17, 15) is 5.11 Å². The SMILES string of the molecule is CC(CN)c1ccc(C2(O)CC2)cc1. The first-order valence-corrected chi connectivity index (χ1v) is 5.18. The molecular formula is C12H17NO. The van der Waals surface area contributed by atoms with Crippen LogP contribution in [0.2, 0.25) is 0 Å². The van der Waals surface area contributed by atoms with E-state index in [1.54, 1.807) is 0 Å². The molecule has 1 aliphatic carbocycles. The van der Waals surface area contributed by atoms with E-state index in [0.29, 0.717) is 12.5 Å². The summed E-state index contributed by atoms with van der Waals surface area (Å²) in [6, 6.07) is 8.19. The van der Waals surface area contributed by atoms with Crippen molar-refractivity contribution < 1.29 is 5.11 Å². The highest BCUT2D eigenvalue weighted by atomic mass is 16.3. The Morgan fingerprint density at radius 2 is 1.93 bits per heavy atom. The summed E-state index contributed by atoms with van der Waals surface area (Å²) in [6.45, 7) is 2.78. The first-order valence-electron chi connectivity index (χ1n) is 5.18. The summed E-state index contributed by atoms with van der Waals surface area (Å²) in [7, 11) is 0. The first-order chi connectivity index (χ1) is 6.65. The molecule has 76 valence electrons. The number of rotatable bonds is 3. The lowest BCUT2D eigenvalue weighted by molar-refractivity contribution is 0.151. The van der Waals surface area contributed by atoms with Gasteiger partial charge in [-0.3, -0.25) is 0 Å². The zero-order valence-corrected chi connectivity index (χ0v) is 8.53.